The SMILES string of the molecule is Cc1noc(C)c1NC(=O)Cn1cccc(C(F)(F)F)c1=O. The van der Waals surface area contributed by atoms with Crippen molar-refractivity contribution in [1.29, 1.82) is 0 Å². The minimum absolute atomic E-state index is 0.338. The summed E-state index contributed by atoms with van der Waals surface area (Å²) in [7, 11) is 0. The van der Waals surface area contributed by atoms with Crippen molar-refractivity contribution in [3.8, 4) is 0 Å². The van der Waals surface area contributed by atoms with Crippen molar-refractivity contribution in [1.82, 2.24) is 9.72 Å². The largest absolute Gasteiger partial charge is 0.421 e. The van der Waals surface area contributed by atoms with Gasteiger partial charge in [-0.05, 0) is 26.0 Å². The van der Waals surface area contributed by atoms with Crippen LogP contribution in [-0.4, -0.2) is 15.6 Å². The van der Waals surface area contributed by atoms with E-state index >= 15 is 0 Å². The molecule has 0 saturated carbocycles. The number of carbonyl (C=O) groups excluding carboxylic acids is 1. The Balaban J connectivity index is 2.21. The summed E-state index contributed by atoms with van der Waals surface area (Å²) in [6.45, 7) is 2.63. The predicted octanol–water partition coefficient (Wildman–Crippen LogP) is 2.11. The van der Waals surface area contributed by atoms with Gasteiger partial charge in [-0.3, -0.25) is 9.59 Å². The van der Waals surface area contributed by atoms with Crippen molar-refractivity contribution in [2.24, 2.45) is 0 Å². The average molecular weight is 315 g/mol. The highest BCUT2D eigenvalue weighted by Gasteiger charge is 2.34. The molecule has 2 heterocycles. The Kier molecular flexibility index (Phi) is 4.07. The Morgan fingerprint density at radius 2 is 2.09 bits per heavy atom. The number of halogens is 3. The summed E-state index contributed by atoms with van der Waals surface area (Å²) in [4.78, 5) is 23.6. The first-order chi connectivity index (χ1) is 10.2. The molecule has 2 aromatic heterocycles. The minimum atomic E-state index is -4.77. The van der Waals surface area contributed by atoms with Crippen molar-refractivity contribution in [3.63, 3.8) is 0 Å². The first kappa shape index (κ1) is 15.8. The van der Waals surface area contributed by atoms with Crippen LogP contribution >= 0.6 is 0 Å². The summed E-state index contributed by atoms with van der Waals surface area (Å²) in [6.07, 6.45) is -3.65. The lowest BCUT2D eigenvalue weighted by molar-refractivity contribution is -0.139. The van der Waals surface area contributed by atoms with E-state index in [2.05, 4.69) is 10.5 Å². The molecule has 2 aromatic rings. The third-order valence-corrected chi connectivity index (χ3v) is 2.94. The zero-order valence-electron chi connectivity index (χ0n) is 11.7. The zero-order chi connectivity index (χ0) is 16.5. The van der Waals surface area contributed by atoms with Gasteiger partial charge in [0, 0.05) is 6.20 Å². The molecule has 0 atom stereocenters. The molecule has 6 nitrogen and oxygen atoms in total. The average Bonchev–Trinajstić information content (AvgIpc) is 2.71. The molecule has 1 amide bonds. The van der Waals surface area contributed by atoms with E-state index in [0.29, 0.717) is 27.8 Å². The Bertz CT molecular complexity index is 742. The molecular weight excluding hydrogens is 303 g/mol. The van der Waals surface area contributed by atoms with Gasteiger partial charge in [0.1, 0.15) is 23.5 Å². The van der Waals surface area contributed by atoms with Crippen LogP contribution < -0.4 is 10.9 Å². The second kappa shape index (κ2) is 5.66. The van der Waals surface area contributed by atoms with Gasteiger partial charge in [-0.1, -0.05) is 5.16 Å². The van der Waals surface area contributed by atoms with Gasteiger partial charge in [-0.2, -0.15) is 13.2 Å². The van der Waals surface area contributed by atoms with Crippen molar-refractivity contribution in [3.05, 3.63) is 45.7 Å². The molecule has 0 aliphatic heterocycles. The topological polar surface area (TPSA) is 77.1 Å². The number of anilines is 1. The Morgan fingerprint density at radius 3 is 2.64 bits per heavy atom. The lowest BCUT2D eigenvalue weighted by Crippen LogP contribution is -2.32. The number of hydrogen-bond acceptors (Lipinski definition) is 4. The van der Waals surface area contributed by atoms with Crippen molar-refractivity contribution < 1.29 is 22.5 Å². The first-order valence-corrected chi connectivity index (χ1v) is 6.19. The molecule has 0 aromatic carbocycles. The number of carbonyl (C=O) groups is 1. The van der Waals surface area contributed by atoms with Crippen molar-refractivity contribution in [2.45, 2.75) is 26.6 Å². The smallest absolute Gasteiger partial charge is 0.359 e. The number of nitrogens with one attached hydrogen (secondary N) is 1. The number of rotatable bonds is 3. The highest BCUT2D eigenvalue weighted by molar-refractivity contribution is 5.91. The Hall–Kier alpha value is -2.58. The van der Waals surface area contributed by atoms with Crippen LogP contribution in [0.25, 0.3) is 0 Å². The van der Waals surface area contributed by atoms with Gasteiger partial charge < -0.3 is 14.4 Å². The Labute approximate surface area is 122 Å². The third kappa shape index (κ3) is 3.18. The van der Waals surface area contributed by atoms with E-state index in [1.54, 1.807) is 13.8 Å². The molecule has 0 aliphatic carbocycles. The van der Waals surface area contributed by atoms with Crippen LogP contribution in [0.2, 0.25) is 0 Å². The summed E-state index contributed by atoms with van der Waals surface area (Å²) >= 11 is 0. The van der Waals surface area contributed by atoms with Gasteiger partial charge in [0.25, 0.3) is 5.56 Å². The van der Waals surface area contributed by atoms with E-state index < -0.39 is 29.8 Å². The fourth-order valence-corrected chi connectivity index (χ4v) is 1.87. The lowest BCUT2D eigenvalue weighted by Gasteiger charge is -2.10. The number of pyridine rings is 1. The molecule has 1 N–H and O–H groups in total. The number of aryl methyl sites for hydroxylation is 2. The summed E-state index contributed by atoms with van der Waals surface area (Å²) in [5.41, 5.74) is -1.82. The maximum absolute atomic E-state index is 12.6. The monoisotopic (exact) mass is 315 g/mol. The van der Waals surface area contributed by atoms with Gasteiger partial charge >= 0.3 is 6.18 Å². The van der Waals surface area contributed by atoms with Crippen LogP contribution in [0.1, 0.15) is 17.0 Å². The molecule has 0 radical (unpaired) electrons. The van der Waals surface area contributed by atoms with E-state index in [-0.39, 0.29) is 0 Å². The molecule has 118 valence electrons. The molecule has 0 unspecified atom stereocenters. The summed E-state index contributed by atoms with van der Waals surface area (Å²) in [5.74, 6) is -0.293. The first-order valence-electron chi connectivity index (χ1n) is 6.19. The molecule has 22 heavy (non-hydrogen) atoms. The molecule has 0 aliphatic rings. The maximum atomic E-state index is 12.6. The summed E-state index contributed by atoms with van der Waals surface area (Å²) in [6, 6.07) is 1.73. The van der Waals surface area contributed by atoms with Crippen LogP contribution in [0.3, 0.4) is 0 Å². The molecular formula is C13H12F3N3O3. The fourth-order valence-electron chi connectivity index (χ4n) is 1.87. The van der Waals surface area contributed by atoms with E-state index in [1.807, 2.05) is 0 Å². The highest BCUT2D eigenvalue weighted by atomic mass is 19.4. The van der Waals surface area contributed by atoms with Crippen molar-refractivity contribution >= 4 is 11.6 Å². The quantitative estimate of drug-likeness (QED) is 0.941. The van der Waals surface area contributed by atoms with E-state index in [4.69, 9.17) is 4.52 Å². The number of nitrogens with zero attached hydrogens (tertiary/aromatic N) is 2. The van der Waals surface area contributed by atoms with E-state index in [9.17, 15) is 22.8 Å². The second-order valence-corrected chi connectivity index (χ2v) is 4.60. The van der Waals surface area contributed by atoms with Gasteiger partial charge in [-0.15, -0.1) is 0 Å². The van der Waals surface area contributed by atoms with Crippen LogP contribution in [0, 0.1) is 13.8 Å². The zero-order valence-corrected chi connectivity index (χ0v) is 11.7. The molecule has 9 heteroatoms. The number of alkyl halides is 3. The van der Waals surface area contributed by atoms with Crippen LogP contribution in [0.5, 0.6) is 0 Å². The molecule has 2 rings (SSSR count). The highest BCUT2D eigenvalue weighted by Crippen LogP contribution is 2.26. The number of amides is 1. The maximum Gasteiger partial charge on any atom is 0.421 e. The minimum Gasteiger partial charge on any atom is -0.359 e. The molecule has 0 bridgehead atoms. The van der Waals surface area contributed by atoms with E-state index in [1.165, 1.54) is 0 Å². The van der Waals surface area contributed by atoms with Gasteiger partial charge in [0.15, 0.2) is 5.76 Å². The molecule has 0 spiro atoms. The van der Waals surface area contributed by atoms with Crippen LogP contribution in [0.15, 0.2) is 27.6 Å². The Morgan fingerprint density at radius 1 is 1.41 bits per heavy atom. The normalized spacial score (nSPS) is 11.5. The summed E-state index contributed by atoms with van der Waals surface area (Å²) in [5, 5.41) is 6.09. The standard InChI is InChI=1S/C13H12F3N3O3/c1-7-11(8(2)22-18-7)17-10(20)6-19-5-3-4-9(12(19)21)13(14,15)16/h3-5H,6H2,1-2H3,(H,17,20). The number of aromatic nitrogens is 2. The van der Waals surface area contributed by atoms with E-state index in [0.717, 1.165) is 12.3 Å². The lowest BCUT2D eigenvalue weighted by atomic mass is 10.2. The van der Waals surface area contributed by atoms with Crippen LogP contribution in [-0.2, 0) is 17.5 Å². The fraction of sp³-hybridized carbons (Fsp3) is 0.308. The molecule has 0 fully saturated rings. The number of hydrogen-bond donors (Lipinski definition) is 1. The van der Waals surface area contributed by atoms with Gasteiger partial charge in [0.05, 0.1) is 0 Å². The second-order valence-electron chi connectivity index (χ2n) is 4.60. The molecule has 0 saturated heterocycles. The van der Waals surface area contributed by atoms with Crippen molar-refractivity contribution in [2.75, 3.05) is 5.32 Å². The predicted molar refractivity (Wildman–Crippen MR) is 70.3 cm³/mol. The van der Waals surface area contributed by atoms with Gasteiger partial charge in [0.2, 0.25) is 5.91 Å². The summed E-state index contributed by atoms with van der Waals surface area (Å²) < 4.78 is 43.5. The van der Waals surface area contributed by atoms with Gasteiger partial charge in [-0.25, -0.2) is 0 Å². The van der Waals surface area contributed by atoms with Crippen LogP contribution in [0.4, 0.5) is 18.9 Å². The third-order valence-electron chi connectivity index (χ3n) is 2.94.